The number of anilines is 1. The van der Waals surface area contributed by atoms with Gasteiger partial charge in [0.05, 0.1) is 38.1 Å². The van der Waals surface area contributed by atoms with Crippen molar-refractivity contribution in [3.63, 3.8) is 0 Å². The average molecular weight is 375 g/mol. The number of nitriles is 1. The minimum atomic E-state index is -0.205. The Morgan fingerprint density at radius 2 is 2.04 bits per heavy atom. The van der Waals surface area contributed by atoms with Crippen LogP contribution in [0.25, 0.3) is 0 Å². The molecule has 2 N–H and O–H groups in total. The average Bonchev–Trinajstić information content (AvgIpc) is 2.61. The molecule has 1 amide bonds. The van der Waals surface area contributed by atoms with Gasteiger partial charge in [0.15, 0.2) is 18.0 Å². The molecular formula is C19H21ClN3O3+. The monoisotopic (exact) mass is 374 g/mol. The van der Waals surface area contributed by atoms with Gasteiger partial charge in [-0.3, -0.25) is 4.79 Å². The maximum atomic E-state index is 12.3. The number of likely N-dealkylation sites (N-methyl/N-ethyl adjacent to an activating group) is 1. The van der Waals surface area contributed by atoms with Gasteiger partial charge in [-0.25, -0.2) is 0 Å². The van der Waals surface area contributed by atoms with Crippen LogP contribution in [0.4, 0.5) is 5.69 Å². The lowest BCUT2D eigenvalue weighted by atomic mass is 10.1. The number of carbonyl (C=O) groups is 1. The summed E-state index contributed by atoms with van der Waals surface area (Å²) >= 11 is 5.94. The molecule has 2 aromatic rings. The molecular weight excluding hydrogens is 354 g/mol. The predicted molar refractivity (Wildman–Crippen MR) is 99.8 cm³/mol. The van der Waals surface area contributed by atoms with E-state index in [0.717, 1.165) is 10.5 Å². The van der Waals surface area contributed by atoms with Crippen LogP contribution in [-0.4, -0.2) is 33.7 Å². The lowest BCUT2D eigenvalue weighted by molar-refractivity contribution is -0.885. The SMILES string of the molecule is COc1cccc(C[NH+](C)CC(=O)Nc2cc(Cl)ccc2C#N)c1OC. The zero-order valence-electron chi connectivity index (χ0n) is 14.9. The van der Waals surface area contributed by atoms with E-state index in [9.17, 15) is 4.79 Å². The van der Waals surface area contributed by atoms with E-state index >= 15 is 0 Å². The molecule has 6 nitrogen and oxygen atoms in total. The van der Waals surface area contributed by atoms with Crippen molar-refractivity contribution in [2.45, 2.75) is 6.54 Å². The van der Waals surface area contributed by atoms with Crippen LogP contribution in [0.1, 0.15) is 11.1 Å². The quantitative estimate of drug-likeness (QED) is 0.776. The van der Waals surface area contributed by atoms with Crippen molar-refractivity contribution >= 4 is 23.2 Å². The zero-order valence-corrected chi connectivity index (χ0v) is 15.7. The number of amides is 1. The molecule has 0 aliphatic rings. The lowest BCUT2D eigenvalue weighted by Gasteiger charge is -2.17. The number of nitrogens with zero attached hydrogens (tertiary/aromatic N) is 1. The highest BCUT2D eigenvalue weighted by atomic mass is 35.5. The number of quaternary nitrogens is 1. The Balaban J connectivity index is 2.05. The molecule has 7 heteroatoms. The first-order valence-corrected chi connectivity index (χ1v) is 8.37. The maximum absolute atomic E-state index is 12.3. The predicted octanol–water partition coefficient (Wildman–Crippen LogP) is 1.88. The van der Waals surface area contributed by atoms with Crippen LogP contribution >= 0.6 is 11.6 Å². The summed E-state index contributed by atoms with van der Waals surface area (Å²) in [5.74, 6) is 1.11. The molecule has 2 aromatic carbocycles. The number of rotatable bonds is 7. The van der Waals surface area contributed by atoms with Crippen molar-refractivity contribution in [1.29, 1.82) is 5.26 Å². The molecule has 1 atom stereocenters. The smallest absolute Gasteiger partial charge is 0.279 e. The summed E-state index contributed by atoms with van der Waals surface area (Å²) in [7, 11) is 5.08. The molecule has 0 aliphatic carbocycles. The molecule has 26 heavy (non-hydrogen) atoms. The number of benzene rings is 2. The zero-order chi connectivity index (χ0) is 19.1. The molecule has 136 valence electrons. The van der Waals surface area contributed by atoms with Gasteiger partial charge < -0.3 is 19.7 Å². The number of halogens is 1. The molecule has 0 radical (unpaired) electrons. The molecule has 0 spiro atoms. The van der Waals surface area contributed by atoms with Gasteiger partial charge in [-0.15, -0.1) is 0 Å². The molecule has 0 saturated heterocycles. The number of para-hydroxylation sites is 1. The first kappa shape index (κ1) is 19.6. The second kappa shape index (κ2) is 9.09. The van der Waals surface area contributed by atoms with Gasteiger partial charge >= 0.3 is 0 Å². The van der Waals surface area contributed by atoms with Gasteiger partial charge in [0.25, 0.3) is 5.91 Å². The van der Waals surface area contributed by atoms with Gasteiger partial charge in [0.1, 0.15) is 12.6 Å². The van der Waals surface area contributed by atoms with Gasteiger partial charge in [-0.2, -0.15) is 5.26 Å². The summed E-state index contributed by atoms with van der Waals surface area (Å²) in [5.41, 5.74) is 1.73. The summed E-state index contributed by atoms with van der Waals surface area (Å²) in [6, 6.07) is 12.4. The van der Waals surface area contributed by atoms with Crippen LogP contribution in [0.2, 0.25) is 5.02 Å². The minimum absolute atomic E-state index is 0.205. The summed E-state index contributed by atoms with van der Waals surface area (Å²) in [5, 5.41) is 12.3. The highest BCUT2D eigenvalue weighted by Gasteiger charge is 2.17. The van der Waals surface area contributed by atoms with E-state index in [1.54, 1.807) is 32.4 Å². The first-order chi connectivity index (χ1) is 12.5. The second-order valence-electron chi connectivity index (χ2n) is 5.81. The van der Waals surface area contributed by atoms with E-state index in [-0.39, 0.29) is 12.5 Å². The Kier molecular flexibility index (Phi) is 6.84. The van der Waals surface area contributed by atoms with E-state index in [1.165, 1.54) is 0 Å². The lowest BCUT2D eigenvalue weighted by Crippen LogP contribution is -3.08. The summed E-state index contributed by atoms with van der Waals surface area (Å²) < 4.78 is 10.7. The van der Waals surface area contributed by atoms with E-state index in [2.05, 4.69) is 5.32 Å². The third-order valence-electron chi connectivity index (χ3n) is 3.82. The highest BCUT2D eigenvalue weighted by molar-refractivity contribution is 6.31. The van der Waals surface area contributed by atoms with Crippen molar-refractivity contribution in [1.82, 2.24) is 0 Å². The second-order valence-corrected chi connectivity index (χ2v) is 6.25. The fraction of sp³-hybridized carbons (Fsp3) is 0.263. The molecule has 0 heterocycles. The fourth-order valence-electron chi connectivity index (χ4n) is 2.67. The van der Waals surface area contributed by atoms with Crippen molar-refractivity contribution < 1.29 is 19.2 Å². The topological polar surface area (TPSA) is 75.8 Å². The largest absolute Gasteiger partial charge is 0.493 e. The maximum Gasteiger partial charge on any atom is 0.279 e. The van der Waals surface area contributed by atoms with Crippen molar-refractivity contribution in [2.24, 2.45) is 0 Å². The molecule has 0 fully saturated rings. The third kappa shape index (κ3) is 4.88. The molecule has 2 rings (SSSR count). The van der Waals surface area contributed by atoms with Crippen LogP contribution in [-0.2, 0) is 11.3 Å². The number of hydrogen-bond donors (Lipinski definition) is 2. The van der Waals surface area contributed by atoms with Gasteiger partial charge in [-0.1, -0.05) is 17.7 Å². The highest BCUT2D eigenvalue weighted by Crippen LogP contribution is 2.30. The van der Waals surface area contributed by atoms with Gasteiger partial charge in [0.2, 0.25) is 0 Å². The van der Waals surface area contributed by atoms with Crippen LogP contribution in [0.3, 0.4) is 0 Å². The van der Waals surface area contributed by atoms with Crippen LogP contribution < -0.4 is 19.7 Å². The standard InChI is InChI=1S/C19H20ClN3O3/c1-23(11-14-5-4-6-17(25-2)19(14)26-3)12-18(24)22-16-9-15(20)8-7-13(16)10-21/h4-9H,11-12H2,1-3H3,(H,22,24)/p+1. The molecule has 0 aliphatic heterocycles. The molecule has 0 bridgehead atoms. The van der Waals surface area contributed by atoms with Crippen LogP contribution in [0.5, 0.6) is 11.5 Å². The van der Waals surface area contributed by atoms with E-state index in [4.69, 9.17) is 26.3 Å². The third-order valence-corrected chi connectivity index (χ3v) is 4.05. The van der Waals surface area contributed by atoms with Crippen LogP contribution in [0.15, 0.2) is 36.4 Å². The number of carbonyl (C=O) groups excluding carboxylic acids is 1. The summed E-state index contributed by atoms with van der Waals surface area (Å²) in [6.45, 7) is 0.798. The summed E-state index contributed by atoms with van der Waals surface area (Å²) in [4.78, 5) is 13.3. The van der Waals surface area contributed by atoms with Crippen molar-refractivity contribution in [2.75, 3.05) is 33.1 Å². The number of nitrogens with one attached hydrogen (secondary N) is 2. The number of hydrogen-bond acceptors (Lipinski definition) is 4. The van der Waals surface area contributed by atoms with E-state index in [1.807, 2.05) is 31.3 Å². The first-order valence-electron chi connectivity index (χ1n) is 7.99. The Hall–Kier alpha value is -2.75. The Labute approximate surface area is 157 Å². The van der Waals surface area contributed by atoms with Crippen molar-refractivity contribution in [3.8, 4) is 17.6 Å². The Morgan fingerprint density at radius 1 is 1.27 bits per heavy atom. The molecule has 0 saturated carbocycles. The fourth-order valence-corrected chi connectivity index (χ4v) is 2.84. The van der Waals surface area contributed by atoms with E-state index < -0.39 is 0 Å². The summed E-state index contributed by atoms with van der Waals surface area (Å²) in [6.07, 6.45) is 0. The van der Waals surface area contributed by atoms with Crippen LogP contribution in [0, 0.1) is 11.3 Å². The number of ether oxygens (including phenoxy) is 2. The van der Waals surface area contributed by atoms with Gasteiger partial charge in [-0.05, 0) is 30.3 Å². The van der Waals surface area contributed by atoms with E-state index in [0.29, 0.717) is 34.3 Å². The normalized spacial score (nSPS) is 11.3. The molecule has 1 unspecified atom stereocenters. The molecule has 0 aromatic heterocycles. The number of methoxy groups -OCH3 is 2. The Bertz CT molecular complexity index is 833. The van der Waals surface area contributed by atoms with Gasteiger partial charge in [0, 0.05) is 5.02 Å². The Morgan fingerprint density at radius 3 is 2.69 bits per heavy atom. The minimum Gasteiger partial charge on any atom is -0.493 e. The van der Waals surface area contributed by atoms with Crippen molar-refractivity contribution in [3.05, 3.63) is 52.5 Å².